The van der Waals surface area contributed by atoms with Crippen molar-refractivity contribution in [3.8, 4) is 34.1 Å². The van der Waals surface area contributed by atoms with E-state index in [-0.39, 0.29) is 11.3 Å². The molecule has 0 bridgehead atoms. The lowest BCUT2D eigenvalue weighted by atomic mass is 9.94. The highest BCUT2D eigenvalue weighted by molar-refractivity contribution is 5.88. The number of fused-ring (bicyclic) bond motifs is 1. The highest BCUT2D eigenvalue weighted by Gasteiger charge is 2.25. The molecule has 4 aromatic rings. The summed E-state index contributed by atoms with van der Waals surface area (Å²) >= 11 is 0. The molecular weight excluding hydrogens is 537 g/mol. The number of rotatable bonds is 10. The van der Waals surface area contributed by atoms with Crippen LogP contribution >= 0.6 is 0 Å². The maximum absolute atomic E-state index is 15.4. The lowest BCUT2D eigenvalue weighted by Crippen LogP contribution is -2.44. The number of ether oxygens (including phenoxy) is 3. The summed E-state index contributed by atoms with van der Waals surface area (Å²) in [4.78, 5) is 27.1. The predicted octanol–water partition coefficient (Wildman–Crippen LogP) is 5.64. The SMILES string of the molecule is COc1cc2nccc(Oc3ccc(-c4cnc(N(CCN(C)C)C5CCCCC5)n(C)c4=O)cc3F)c2cc1OC. The number of methoxy groups -OCH3 is 2. The van der Waals surface area contributed by atoms with Gasteiger partial charge in [0, 0.05) is 50.0 Å². The molecule has 2 aromatic heterocycles. The largest absolute Gasteiger partial charge is 0.493 e. The van der Waals surface area contributed by atoms with Gasteiger partial charge in [0.05, 0.1) is 25.3 Å². The Labute approximate surface area is 245 Å². The van der Waals surface area contributed by atoms with Gasteiger partial charge in [-0.3, -0.25) is 14.3 Å². The molecular formula is C32H38FN5O4. The Morgan fingerprint density at radius 2 is 1.67 bits per heavy atom. The van der Waals surface area contributed by atoms with E-state index in [9.17, 15) is 4.79 Å². The second-order valence-electron chi connectivity index (χ2n) is 10.9. The van der Waals surface area contributed by atoms with Crippen LogP contribution in [0.5, 0.6) is 23.0 Å². The number of likely N-dealkylation sites (N-methyl/N-ethyl adjacent to an activating group) is 1. The zero-order valence-corrected chi connectivity index (χ0v) is 24.9. The molecule has 9 nitrogen and oxygen atoms in total. The lowest BCUT2D eigenvalue weighted by Gasteiger charge is -2.36. The van der Waals surface area contributed by atoms with Crippen molar-refractivity contribution in [3.05, 3.63) is 65.0 Å². The smallest absolute Gasteiger partial charge is 0.262 e. The van der Waals surface area contributed by atoms with Crippen LogP contribution in [0.25, 0.3) is 22.0 Å². The first-order chi connectivity index (χ1) is 20.3. The maximum atomic E-state index is 15.4. The summed E-state index contributed by atoms with van der Waals surface area (Å²) in [5.41, 5.74) is 1.15. The summed E-state index contributed by atoms with van der Waals surface area (Å²) in [6.07, 6.45) is 8.93. The standard InChI is InChI=1S/C32H38FN5O4/c1-36(2)15-16-38(22-9-7-6-8-10-22)32-35-20-24(31(39)37(32)3)21-11-12-28(25(33)17-21)42-27-13-14-34-26-19-30(41-5)29(40-4)18-23(26)27/h11-14,17-20,22H,6-10,15-16H2,1-5H3. The van der Waals surface area contributed by atoms with Crippen molar-refractivity contribution in [2.75, 3.05) is 46.3 Å². The Morgan fingerprint density at radius 3 is 2.36 bits per heavy atom. The number of anilines is 1. The van der Waals surface area contributed by atoms with Crippen molar-refractivity contribution in [2.45, 2.75) is 38.1 Å². The van der Waals surface area contributed by atoms with Crippen molar-refractivity contribution < 1.29 is 18.6 Å². The minimum atomic E-state index is -0.598. The van der Waals surface area contributed by atoms with Crippen molar-refractivity contribution >= 4 is 16.9 Å². The average molecular weight is 576 g/mol. The molecule has 42 heavy (non-hydrogen) atoms. The van der Waals surface area contributed by atoms with E-state index in [1.54, 1.807) is 62.5 Å². The first-order valence-corrected chi connectivity index (χ1v) is 14.3. The zero-order valence-electron chi connectivity index (χ0n) is 24.9. The highest BCUT2D eigenvalue weighted by Crippen LogP contribution is 2.38. The van der Waals surface area contributed by atoms with Crippen LogP contribution in [0.1, 0.15) is 32.1 Å². The monoisotopic (exact) mass is 575 g/mol. The van der Waals surface area contributed by atoms with Crippen LogP contribution in [0.3, 0.4) is 0 Å². The first kappa shape index (κ1) is 29.3. The van der Waals surface area contributed by atoms with Gasteiger partial charge in [-0.1, -0.05) is 25.3 Å². The van der Waals surface area contributed by atoms with E-state index in [0.717, 1.165) is 25.9 Å². The Balaban J connectivity index is 1.44. The van der Waals surface area contributed by atoms with Crippen LogP contribution in [-0.4, -0.2) is 66.9 Å². The maximum Gasteiger partial charge on any atom is 0.262 e. The van der Waals surface area contributed by atoms with Crippen LogP contribution in [0.4, 0.5) is 10.3 Å². The van der Waals surface area contributed by atoms with Crippen molar-refractivity contribution in [1.29, 1.82) is 0 Å². The molecule has 1 aliphatic rings. The third-order valence-electron chi connectivity index (χ3n) is 7.87. The molecule has 0 N–H and O–H groups in total. The molecule has 2 aromatic carbocycles. The van der Waals surface area contributed by atoms with E-state index in [0.29, 0.717) is 51.3 Å². The van der Waals surface area contributed by atoms with Gasteiger partial charge in [0.15, 0.2) is 23.1 Å². The molecule has 0 aliphatic heterocycles. The summed E-state index contributed by atoms with van der Waals surface area (Å²) in [5.74, 6) is 1.53. The van der Waals surface area contributed by atoms with Gasteiger partial charge in [0.25, 0.3) is 5.56 Å². The molecule has 5 rings (SSSR count). The van der Waals surface area contributed by atoms with Crippen molar-refractivity contribution in [2.24, 2.45) is 7.05 Å². The molecule has 1 fully saturated rings. The van der Waals surface area contributed by atoms with Crippen LogP contribution in [0.15, 0.2) is 53.6 Å². The van der Waals surface area contributed by atoms with Crippen LogP contribution in [-0.2, 0) is 7.05 Å². The highest BCUT2D eigenvalue weighted by atomic mass is 19.1. The lowest BCUT2D eigenvalue weighted by molar-refractivity contribution is 0.355. The zero-order chi connectivity index (χ0) is 29.8. The summed E-state index contributed by atoms with van der Waals surface area (Å²) in [6, 6.07) is 10.0. The molecule has 0 amide bonds. The summed E-state index contributed by atoms with van der Waals surface area (Å²) in [5, 5.41) is 0.643. The number of nitrogens with zero attached hydrogens (tertiary/aromatic N) is 5. The number of pyridine rings is 1. The third-order valence-corrected chi connectivity index (χ3v) is 7.87. The number of aromatic nitrogens is 3. The number of hydrogen-bond acceptors (Lipinski definition) is 8. The van der Waals surface area contributed by atoms with E-state index in [1.807, 2.05) is 14.1 Å². The fourth-order valence-electron chi connectivity index (χ4n) is 5.55. The second kappa shape index (κ2) is 12.8. The number of hydrogen-bond donors (Lipinski definition) is 0. The van der Waals surface area contributed by atoms with E-state index in [4.69, 9.17) is 19.2 Å². The molecule has 0 unspecified atom stereocenters. The van der Waals surface area contributed by atoms with Gasteiger partial charge in [0.1, 0.15) is 5.75 Å². The second-order valence-corrected chi connectivity index (χ2v) is 10.9. The third kappa shape index (κ3) is 6.04. The van der Waals surface area contributed by atoms with Gasteiger partial charge in [-0.05, 0) is 56.8 Å². The minimum absolute atomic E-state index is 0.0228. The molecule has 2 heterocycles. The van der Waals surface area contributed by atoms with E-state index >= 15 is 4.39 Å². The molecule has 0 saturated heterocycles. The summed E-state index contributed by atoms with van der Waals surface area (Å²) < 4.78 is 33.8. The summed E-state index contributed by atoms with van der Waals surface area (Å²) in [7, 11) is 8.92. The number of halogens is 1. The van der Waals surface area contributed by atoms with Gasteiger partial charge >= 0.3 is 0 Å². The quantitative estimate of drug-likeness (QED) is 0.240. The molecule has 1 saturated carbocycles. The van der Waals surface area contributed by atoms with Crippen LogP contribution in [0.2, 0.25) is 0 Å². The van der Waals surface area contributed by atoms with Gasteiger partial charge in [-0.2, -0.15) is 0 Å². The van der Waals surface area contributed by atoms with Crippen LogP contribution < -0.4 is 24.7 Å². The Hall–Kier alpha value is -4.18. The van der Waals surface area contributed by atoms with Gasteiger partial charge < -0.3 is 24.0 Å². The first-order valence-electron chi connectivity index (χ1n) is 14.3. The normalized spacial score (nSPS) is 13.9. The van der Waals surface area contributed by atoms with Crippen molar-refractivity contribution in [3.63, 3.8) is 0 Å². The molecule has 10 heteroatoms. The molecule has 0 atom stereocenters. The minimum Gasteiger partial charge on any atom is -0.493 e. The summed E-state index contributed by atoms with van der Waals surface area (Å²) in [6.45, 7) is 1.63. The fourth-order valence-corrected chi connectivity index (χ4v) is 5.55. The molecule has 0 radical (unpaired) electrons. The topological polar surface area (TPSA) is 82.0 Å². The van der Waals surface area contributed by atoms with E-state index < -0.39 is 5.82 Å². The van der Waals surface area contributed by atoms with Gasteiger partial charge in [-0.15, -0.1) is 0 Å². The molecule has 1 aliphatic carbocycles. The van der Waals surface area contributed by atoms with Crippen molar-refractivity contribution in [1.82, 2.24) is 19.4 Å². The van der Waals surface area contributed by atoms with Crippen LogP contribution in [0, 0.1) is 5.82 Å². The predicted molar refractivity (Wildman–Crippen MR) is 163 cm³/mol. The molecule has 0 spiro atoms. The fraction of sp³-hybridized carbons (Fsp3) is 0.406. The van der Waals surface area contributed by atoms with Gasteiger partial charge in [-0.25, -0.2) is 9.37 Å². The average Bonchev–Trinajstić information content (AvgIpc) is 3.00. The van der Waals surface area contributed by atoms with Gasteiger partial charge in [0.2, 0.25) is 5.95 Å². The Morgan fingerprint density at radius 1 is 0.929 bits per heavy atom. The Kier molecular flexibility index (Phi) is 8.91. The Bertz CT molecular complexity index is 1620. The molecule has 222 valence electrons. The van der Waals surface area contributed by atoms with E-state index in [2.05, 4.69) is 14.8 Å². The number of benzene rings is 2. The van der Waals surface area contributed by atoms with E-state index in [1.165, 1.54) is 31.4 Å².